The zero-order valence-electron chi connectivity index (χ0n) is 11.5. The maximum Gasteiger partial charge on any atom is 0.150 e. The maximum atomic E-state index is 10.5. The average Bonchev–Trinajstić information content (AvgIpc) is 2.96. The first-order valence-corrected chi connectivity index (χ1v) is 7.35. The van der Waals surface area contributed by atoms with Crippen LogP contribution >= 0.6 is 0 Å². The highest BCUT2D eigenvalue weighted by atomic mass is 16.1. The van der Waals surface area contributed by atoms with Gasteiger partial charge in [-0.05, 0) is 62.8 Å². The van der Waals surface area contributed by atoms with Crippen LogP contribution in [0.4, 0.5) is 5.69 Å². The summed E-state index contributed by atoms with van der Waals surface area (Å²) in [5, 5.41) is 3.39. The average molecular weight is 257 g/mol. The van der Waals surface area contributed by atoms with Crippen molar-refractivity contribution in [1.82, 2.24) is 0 Å². The van der Waals surface area contributed by atoms with Crippen LogP contribution in [-0.4, -0.2) is 12.8 Å². The SMILES string of the molecule is O=Cc1ccc(NCCCCCC2=CCCC2)cc1. The van der Waals surface area contributed by atoms with Crippen molar-refractivity contribution in [3.8, 4) is 0 Å². The summed E-state index contributed by atoms with van der Waals surface area (Å²) in [4.78, 5) is 10.5. The zero-order chi connectivity index (χ0) is 13.3. The Morgan fingerprint density at radius 3 is 2.63 bits per heavy atom. The Labute approximate surface area is 115 Å². The van der Waals surface area contributed by atoms with E-state index in [1.165, 1.54) is 44.9 Å². The monoisotopic (exact) mass is 257 g/mol. The summed E-state index contributed by atoms with van der Waals surface area (Å²) in [5.74, 6) is 0. The van der Waals surface area contributed by atoms with Gasteiger partial charge in [0.1, 0.15) is 6.29 Å². The standard InChI is InChI=1S/C17H23NO/c19-14-16-9-11-17(12-10-16)18-13-5-1-2-6-15-7-3-4-8-15/h7,9-12,14,18H,1-6,8,13H2. The molecule has 1 N–H and O–H groups in total. The first-order valence-electron chi connectivity index (χ1n) is 7.35. The Hall–Kier alpha value is -1.57. The van der Waals surface area contributed by atoms with Crippen molar-refractivity contribution in [2.24, 2.45) is 0 Å². The van der Waals surface area contributed by atoms with Gasteiger partial charge in [0.05, 0.1) is 0 Å². The van der Waals surface area contributed by atoms with Gasteiger partial charge in [0.25, 0.3) is 0 Å². The third kappa shape index (κ3) is 4.90. The molecular weight excluding hydrogens is 234 g/mol. The van der Waals surface area contributed by atoms with Gasteiger partial charge in [0.15, 0.2) is 0 Å². The smallest absolute Gasteiger partial charge is 0.150 e. The second kappa shape index (κ2) is 7.78. The summed E-state index contributed by atoms with van der Waals surface area (Å²) in [6.45, 7) is 1.01. The Morgan fingerprint density at radius 2 is 1.95 bits per heavy atom. The molecule has 0 bridgehead atoms. The second-order valence-electron chi connectivity index (χ2n) is 5.23. The molecule has 0 unspecified atom stereocenters. The van der Waals surface area contributed by atoms with Gasteiger partial charge < -0.3 is 5.32 Å². The minimum Gasteiger partial charge on any atom is -0.385 e. The number of rotatable bonds is 8. The van der Waals surface area contributed by atoms with Crippen molar-refractivity contribution in [3.63, 3.8) is 0 Å². The first-order chi connectivity index (χ1) is 9.38. The molecule has 0 aliphatic heterocycles. The molecule has 2 nitrogen and oxygen atoms in total. The van der Waals surface area contributed by atoms with E-state index in [9.17, 15) is 4.79 Å². The molecule has 0 saturated heterocycles. The van der Waals surface area contributed by atoms with E-state index < -0.39 is 0 Å². The molecule has 2 rings (SSSR count). The van der Waals surface area contributed by atoms with Gasteiger partial charge in [0, 0.05) is 17.8 Å². The van der Waals surface area contributed by atoms with E-state index in [2.05, 4.69) is 11.4 Å². The Morgan fingerprint density at radius 1 is 1.11 bits per heavy atom. The number of hydrogen-bond donors (Lipinski definition) is 1. The van der Waals surface area contributed by atoms with Crippen LogP contribution in [0.3, 0.4) is 0 Å². The third-order valence-electron chi connectivity index (χ3n) is 3.69. The molecule has 1 aliphatic rings. The molecule has 0 fully saturated rings. The summed E-state index contributed by atoms with van der Waals surface area (Å²) in [7, 11) is 0. The van der Waals surface area contributed by atoms with E-state index in [1.54, 1.807) is 5.57 Å². The Balaban J connectivity index is 1.54. The van der Waals surface area contributed by atoms with Crippen LogP contribution in [-0.2, 0) is 0 Å². The highest BCUT2D eigenvalue weighted by molar-refractivity contribution is 5.75. The lowest BCUT2D eigenvalue weighted by molar-refractivity contribution is 0.112. The number of aldehydes is 1. The van der Waals surface area contributed by atoms with Gasteiger partial charge in [-0.25, -0.2) is 0 Å². The Bertz CT molecular complexity index is 419. The lowest BCUT2D eigenvalue weighted by Crippen LogP contribution is -2.01. The van der Waals surface area contributed by atoms with E-state index in [4.69, 9.17) is 0 Å². The number of hydrogen-bond acceptors (Lipinski definition) is 2. The molecule has 1 aromatic carbocycles. The summed E-state index contributed by atoms with van der Waals surface area (Å²) in [6, 6.07) is 7.63. The quantitative estimate of drug-likeness (QED) is 0.419. The molecule has 0 amide bonds. The van der Waals surface area contributed by atoms with Crippen LogP contribution < -0.4 is 5.32 Å². The van der Waals surface area contributed by atoms with E-state index in [1.807, 2.05) is 24.3 Å². The molecule has 1 aliphatic carbocycles. The van der Waals surface area contributed by atoms with Crippen LogP contribution in [0, 0.1) is 0 Å². The van der Waals surface area contributed by atoms with Crippen molar-refractivity contribution >= 4 is 12.0 Å². The molecule has 0 saturated carbocycles. The topological polar surface area (TPSA) is 29.1 Å². The highest BCUT2D eigenvalue weighted by Crippen LogP contribution is 2.22. The van der Waals surface area contributed by atoms with E-state index >= 15 is 0 Å². The minimum atomic E-state index is 0.732. The minimum absolute atomic E-state index is 0.732. The summed E-state index contributed by atoms with van der Waals surface area (Å²) >= 11 is 0. The van der Waals surface area contributed by atoms with Gasteiger partial charge in [-0.15, -0.1) is 0 Å². The van der Waals surface area contributed by atoms with Crippen LogP contribution in [0.2, 0.25) is 0 Å². The molecular formula is C17H23NO. The van der Waals surface area contributed by atoms with Crippen LogP contribution in [0.15, 0.2) is 35.9 Å². The van der Waals surface area contributed by atoms with Crippen molar-refractivity contribution < 1.29 is 4.79 Å². The van der Waals surface area contributed by atoms with Gasteiger partial charge >= 0.3 is 0 Å². The fourth-order valence-corrected chi connectivity index (χ4v) is 2.53. The molecule has 0 radical (unpaired) electrons. The van der Waals surface area contributed by atoms with Crippen LogP contribution in [0.25, 0.3) is 0 Å². The number of benzene rings is 1. The molecule has 0 atom stereocenters. The highest BCUT2D eigenvalue weighted by Gasteiger charge is 2.03. The molecule has 0 heterocycles. The van der Waals surface area contributed by atoms with Crippen molar-refractivity contribution in [2.45, 2.75) is 44.9 Å². The van der Waals surface area contributed by atoms with Gasteiger partial charge in [-0.1, -0.05) is 18.1 Å². The van der Waals surface area contributed by atoms with Crippen LogP contribution in [0.5, 0.6) is 0 Å². The van der Waals surface area contributed by atoms with Crippen molar-refractivity contribution in [2.75, 3.05) is 11.9 Å². The van der Waals surface area contributed by atoms with Gasteiger partial charge in [0.2, 0.25) is 0 Å². The number of anilines is 1. The summed E-state index contributed by atoms with van der Waals surface area (Å²) in [5.41, 5.74) is 3.51. The molecule has 0 aromatic heterocycles. The fraction of sp³-hybridized carbons (Fsp3) is 0.471. The van der Waals surface area contributed by atoms with Crippen molar-refractivity contribution in [1.29, 1.82) is 0 Å². The molecule has 1 aromatic rings. The normalized spacial score (nSPS) is 14.2. The lowest BCUT2D eigenvalue weighted by atomic mass is 10.1. The van der Waals surface area contributed by atoms with E-state index in [0.717, 1.165) is 24.1 Å². The number of carbonyl (C=O) groups is 1. The maximum absolute atomic E-state index is 10.5. The lowest BCUT2D eigenvalue weighted by Gasteiger charge is -2.06. The zero-order valence-corrected chi connectivity index (χ0v) is 11.5. The Kier molecular flexibility index (Phi) is 5.67. The summed E-state index contributed by atoms with van der Waals surface area (Å²) < 4.78 is 0. The fourth-order valence-electron chi connectivity index (χ4n) is 2.53. The predicted molar refractivity (Wildman–Crippen MR) is 80.7 cm³/mol. The second-order valence-corrected chi connectivity index (χ2v) is 5.23. The largest absolute Gasteiger partial charge is 0.385 e. The third-order valence-corrected chi connectivity index (χ3v) is 3.69. The van der Waals surface area contributed by atoms with Gasteiger partial charge in [-0.3, -0.25) is 4.79 Å². The molecule has 2 heteroatoms. The first kappa shape index (κ1) is 13.9. The van der Waals surface area contributed by atoms with E-state index in [0.29, 0.717) is 0 Å². The molecule has 102 valence electrons. The number of allylic oxidation sites excluding steroid dienone is 2. The summed E-state index contributed by atoms with van der Waals surface area (Å²) in [6.07, 6.45) is 12.4. The van der Waals surface area contributed by atoms with Crippen molar-refractivity contribution in [3.05, 3.63) is 41.5 Å². The molecule has 0 spiro atoms. The number of nitrogens with one attached hydrogen (secondary N) is 1. The predicted octanol–water partition coefficient (Wildman–Crippen LogP) is 4.58. The van der Waals surface area contributed by atoms with Crippen LogP contribution in [0.1, 0.15) is 55.3 Å². The van der Waals surface area contributed by atoms with Gasteiger partial charge in [-0.2, -0.15) is 0 Å². The number of carbonyl (C=O) groups excluding carboxylic acids is 1. The molecule has 19 heavy (non-hydrogen) atoms. The number of unbranched alkanes of at least 4 members (excludes halogenated alkanes) is 2. The van der Waals surface area contributed by atoms with E-state index in [-0.39, 0.29) is 0 Å².